The average Bonchev–Trinajstić information content (AvgIpc) is 2.41. The van der Waals surface area contributed by atoms with Gasteiger partial charge in [0, 0.05) is 17.5 Å². The molecule has 1 unspecified atom stereocenters. The van der Waals surface area contributed by atoms with Gasteiger partial charge < -0.3 is 5.32 Å². The summed E-state index contributed by atoms with van der Waals surface area (Å²) in [6, 6.07) is 16.9. The molecule has 0 saturated heterocycles. The fourth-order valence-corrected chi connectivity index (χ4v) is 2.83. The number of hydrogen-bond acceptors (Lipinski definition) is 1. The van der Waals surface area contributed by atoms with Gasteiger partial charge in [-0.3, -0.25) is 0 Å². The number of halogens is 1. The Balaban J connectivity index is 1.42. The minimum atomic E-state index is 0.710. The smallest absolute Gasteiger partial charge is 0.0406 e. The van der Waals surface area contributed by atoms with E-state index in [1.54, 1.807) is 0 Å². The van der Waals surface area contributed by atoms with Gasteiger partial charge in [0.05, 0.1) is 0 Å². The molecule has 0 radical (unpaired) electrons. The molecule has 0 aromatic heterocycles. The molecule has 0 spiro atoms. The Labute approximate surface area is 119 Å². The van der Waals surface area contributed by atoms with E-state index in [4.69, 9.17) is 11.6 Å². The maximum Gasteiger partial charge on any atom is 0.0406 e. The summed E-state index contributed by atoms with van der Waals surface area (Å²) in [5.41, 5.74) is 4.39. The first-order valence-electron chi connectivity index (χ1n) is 6.86. The van der Waals surface area contributed by atoms with Crippen LogP contribution in [0.5, 0.6) is 0 Å². The zero-order valence-electron chi connectivity index (χ0n) is 10.9. The van der Waals surface area contributed by atoms with Gasteiger partial charge >= 0.3 is 0 Å². The Morgan fingerprint density at radius 3 is 2.63 bits per heavy atom. The van der Waals surface area contributed by atoms with Crippen LogP contribution in [-0.4, -0.2) is 13.1 Å². The van der Waals surface area contributed by atoms with Crippen LogP contribution in [-0.2, 0) is 12.8 Å². The molecule has 2 aromatic rings. The van der Waals surface area contributed by atoms with Gasteiger partial charge in [0.15, 0.2) is 0 Å². The second kappa shape index (κ2) is 5.77. The molecule has 1 aliphatic rings. The molecule has 0 saturated carbocycles. The van der Waals surface area contributed by atoms with Gasteiger partial charge in [0.1, 0.15) is 0 Å². The highest BCUT2D eigenvalue weighted by Gasteiger charge is 2.24. The molecule has 3 rings (SSSR count). The second-order valence-corrected chi connectivity index (χ2v) is 5.62. The molecule has 19 heavy (non-hydrogen) atoms. The SMILES string of the molecule is Clc1ccc(CCNCC2Cc3ccccc32)cc1. The Morgan fingerprint density at radius 2 is 1.84 bits per heavy atom. The lowest BCUT2D eigenvalue weighted by Gasteiger charge is -2.30. The van der Waals surface area contributed by atoms with Gasteiger partial charge in [0.2, 0.25) is 0 Å². The van der Waals surface area contributed by atoms with Crippen LogP contribution in [0, 0.1) is 0 Å². The summed E-state index contributed by atoms with van der Waals surface area (Å²) in [7, 11) is 0. The summed E-state index contributed by atoms with van der Waals surface area (Å²) in [4.78, 5) is 0. The molecule has 2 aromatic carbocycles. The van der Waals surface area contributed by atoms with E-state index < -0.39 is 0 Å². The van der Waals surface area contributed by atoms with Crippen LogP contribution in [0.1, 0.15) is 22.6 Å². The van der Waals surface area contributed by atoms with Crippen molar-refractivity contribution in [2.24, 2.45) is 0 Å². The van der Waals surface area contributed by atoms with E-state index in [-0.39, 0.29) is 0 Å². The normalized spacial score (nSPS) is 16.8. The summed E-state index contributed by atoms with van der Waals surface area (Å²) < 4.78 is 0. The molecule has 0 heterocycles. The minimum absolute atomic E-state index is 0.710. The maximum atomic E-state index is 5.87. The third-order valence-corrected chi connectivity index (χ3v) is 4.11. The first-order valence-corrected chi connectivity index (χ1v) is 7.24. The van der Waals surface area contributed by atoms with Gasteiger partial charge in [-0.15, -0.1) is 0 Å². The number of hydrogen-bond donors (Lipinski definition) is 1. The predicted molar refractivity (Wildman–Crippen MR) is 80.9 cm³/mol. The second-order valence-electron chi connectivity index (χ2n) is 5.18. The van der Waals surface area contributed by atoms with Crippen LogP contribution >= 0.6 is 11.6 Å². The van der Waals surface area contributed by atoms with Crippen LogP contribution in [0.2, 0.25) is 5.02 Å². The van der Waals surface area contributed by atoms with Crippen LogP contribution in [0.15, 0.2) is 48.5 Å². The quantitative estimate of drug-likeness (QED) is 0.816. The summed E-state index contributed by atoms with van der Waals surface area (Å²) in [5.74, 6) is 0.710. The standard InChI is InChI=1S/C17H18ClN/c18-16-7-5-13(6-8-16)9-10-19-12-15-11-14-3-1-2-4-17(14)15/h1-8,15,19H,9-12H2. The lowest BCUT2D eigenvalue weighted by atomic mass is 9.77. The van der Waals surface area contributed by atoms with Crippen LogP contribution in [0.3, 0.4) is 0 Å². The number of benzene rings is 2. The van der Waals surface area contributed by atoms with Gasteiger partial charge in [-0.2, -0.15) is 0 Å². The van der Waals surface area contributed by atoms with E-state index >= 15 is 0 Å². The van der Waals surface area contributed by atoms with Crippen molar-refractivity contribution < 1.29 is 0 Å². The molecule has 1 atom stereocenters. The molecular formula is C17H18ClN. The third kappa shape index (κ3) is 2.99. The number of nitrogens with one attached hydrogen (secondary N) is 1. The van der Waals surface area contributed by atoms with E-state index in [9.17, 15) is 0 Å². The van der Waals surface area contributed by atoms with E-state index in [0.717, 1.165) is 24.5 Å². The van der Waals surface area contributed by atoms with Crippen molar-refractivity contribution in [1.29, 1.82) is 0 Å². The zero-order chi connectivity index (χ0) is 13.1. The van der Waals surface area contributed by atoms with E-state index in [2.05, 4.69) is 41.7 Å². The summed E-state index contributed by atoms with van der Waals surface area (Å²) in [5, 5.41) is 4.37. The highest BCUT2D eigenvalue weighted by atomic mass is 35.5. The Hall–Kier alpha value is -1.31. The number of fused-ring (bicyclic) bond motifs is 1. The molecule has 1 nitrogen and oxygen atoms in total. The van der Waals surface area contributed by atoms with Crippen molar-refractivity contribution in [3.8, 4) is 0 Å². The fraction of sp³-hybridized carbons (Fsp3) is 0.294. The Morgan fingerprint density at radius 1 is 1.05 bits per heavy atom. The van der Waals surface area contributed by atoms with Crippen molar-refractivity contribution in [1.82, 2.24) is 5.32 Å². The predicted octanol–water partition coefficient (Wildman–Crippen LogP) is 3.81. The van der Waals surface area contributed by atoms with Gasteiger partial charge in [-0.25, -0.2) is 0 Å². The van der Waals surface area contributed by atoms with Crippen molar-refractivity contribution in [3.05, 3.63) is 70.2 Å². The van der Waals surface area contributed by atoms with Gasteiger partial charge in [-0.05, 0) is 48.2 Å². The van der Waals surface area contributed by atoms with Crippen LogP contribution in [0.4, 0.5) is 0 Å². The zero-order valence-corrected chi connectivity index (χ0v) is 11.7. The molecule has 0 fully saturated rings. The Kier molecular flexibility index (Phi) is 3.86. The minimum Gasteiger partial charge on any atom is -0.316 e. The molecule has 1 aliphatic carbocycles. The highest BCUT2D eigenvalue weighted by Crippen LogP contribution is 2.33. The van der Waals surface area contributed by atoms with E-state index in [1.807, 2.05) is 12.1 Å². The van der Waals surface area contributed by atoms with E-state index in [0.29, 0.717) is 5.92 Å². The molecule has 0 aliphatic heterocycles. The van der Waals surface area contributed by atoms with Crippen molar-refractivity contribution in [2.45, 2.75) is 18.8 Å². The van der Waals surface area contributed by atoms with Crippen molar-refractivity contribution >= 4 is 11.6 Å². The molecule has 98 valence electrons. The maximum absolute atomic E-state index is 5.87. The van der Waals surface area contributed by atoms with E-state index in [1.165, 1.54) is 23.1 Å². The Bertz CT molecular complexity index is 547. The topological polar surface area (TPSA) is 12.0 Å². The van der Waals surface area contributed by atoms with Crippen LogP contribution < -0.4 is 5.32 Å². The monoisotopic (exact) mass is 271 g/mol. The van der Waals surface area contributed by atoms with Gasteiger partial charge in [0.25, 0.3) is 0 Å². The largest absolute Gasteiger partial charge is 0.316 e. The summed E-state index contributed by atoms with van der Waals surface area (Å²) >= 11 is 5.87. The average molecular weight is 272 g/mol. The molecular weight excluding hydrogens is 254 g/mol. The third-order valence-electron chi connectivity index (χ3n) is 3.86. The molecule has 1 N–H and O–H groups in total. The summed E-state index contributed by atoms with van der Waals surface area (Å²) in [6.45, 7) is 2.12. The van der Waals surface area contributed by atoms with Crippen molar-refractivity contribution in [2.75, 3.05) is 13.1 Å². The highest BCUT2D eigenvalue weighted by molar-refractivity contribution is 6.30. The summed E-state index contributed by atoms with van der Waals surface area (Å²) in [6.07, 6.45) is 2.29. The molecule has 0 bridgehead atoms. The molecule has 0 amide bonds. The van der Waals surface area contributed by atoms with Gasteiger partial charge in [-0.1, -0.05) is 48.0 Å². The van der Waals surface area contributed by atoms with Crippen LogP contribution in [0.25, 0.3) is 0 Å². The first kappa shape index (κ1) is 12.7. The fourth-order valence-electron chi connectivity index (χ4n) is 2.70. The lowest BCUT2D eigenvalue weighted by Crippen LogP contribution is -2.30. The first-order chi connectivity index (χ1) is 9.33. The molecule has 2 heteroatoms. The number of rotatable bonds is 5. The lowest BCUT2D eigenvalue weighted by molar-refractivity contribution is 0.537. The van der Waals surface area contributed by atoms with Crippen molar-refractivity contribution in [3.63, 3.8) is 0 Å².